The Morgan fingerprint density at radius 2 is 2.17 bits per heavy atom. The summed E-state index contributed by atoms with van der Waals surface area (Å²) in [6, 6.07) is 5.06. The minimum Gasteiger partial charge on any atom is -0.496 e. The number of aromatic nitrogens is 2. The van der Waals surface area contributed by atoms with Gasteiger partial charge in [0.05, 0.1) is 13.3 Å². The molecule has 0 radical (unpaired) electrons. The Morgan fingerprint density at radius 3 is 2.72 bits per heavy atom. The number of H-pyrrole nitrogens is 1. The second-order valence-corrected chi connectivity index (χ2v) is 5.41. The van der Waals surface area contributed by atoms with Gasteiger partial charge in [0.25, 0.3) is 10.0 Å². The third-order valence-corrected chi connectivity index (χ3v) is 3.78. The minimum absolute atomic E-state index is 0.0935. The summed E-state index contributed by atoms with van der Waals surface area (Å²) >= 11 is 0. The summed E-state index contributed by atoms with van der Waals surface area (Å²) < 4.78 is 31.4. The van der Waals surface area contributed by atoms with Gasteiger partial charge >= 0.3 is 0 Å². The quantitative estimate of drug-likeness (QED) is 0.879. The molecular weight excluding hydrogens is 254 g/mol. The van der Waals surface area contributed by atoms with Crippen LogP contribution in [0.5, 0.6) is 5.75 Å². The smallest absolute Gasteiger partial charge is 0.265 e. The van der Waals surface area contributed by atoms with Gasteiger partial charge in [-0.25, -0.2) is 8.42 Å². The van der Waals surface area contributed by atoms with Crippen LogP contribution < -0.4 is 9.46 Å². The van der Waals surface area contributed by atoms with Crippen molar-refractivity contribution in [3.8, 4) is 5.75 Å². The van der Waals surface area contributed by atoms with E-state index in [2.05, 4.69) is 14.9 Å². The van der Waals surface area contributed by atoms with Crippen LogP contribution in [0.3, 0.4) is 0 Å². The highest BCUT2D eigenvalue weighted by molar-refractivity contribution is 7.92. The zero-order valence-electron chi connectivity index (χ0n) is 9.97. The molecule has 0 saturated heterocycles. The van der Waals surface area contributed by atoms with Crippen molar-refractivity contribution in [3.63, 3.8) is 0 Å². The maximum atomic E-state index is 11.9. The van der Waals surface area contributed by atoms with Crippen molar-refractivity contribution in [1.82, 2.24) is 10.2 Å². The summed E-state index contributed by atoms with van der Waals surface area (Å²) in [5.74, 6) is 0.709. The summed E-state index contributed by atoms with van der Waals surface area (Å²) in [5, 5.41) is 6.07. The number of rotatable bonds is 4. The van der Waals surface area contributed by atoms with Crippen LogP contribution >= 0.6 is 0 Å². The van der Waals surface area contributed by atoms with Gasteiger partial charge in [-0.1, -0.05) is 0 Å². The van der Waals surface area contributed by atoms with Gasteiger partial charge in [-0.15, -0.1) is 0 Å². The van der Waals surface area contributed by atoms with Crippen molar-refractivity contribution in [2.75, 3.05) is 11.8 Å². The van der Waals surface area contributed by atoms with E-state index in [4.69, 9.17) is 4.74 Å². The Hall–Kier alpha value is -2.02. The van der Waals surface area contributed by atoms with Crippen molar-refractivity contribution in [3.05, 3.63) is 36.2 Å². The van der Waals surface area contributed by atoms with Gasteiger partial charge in [0, 0.05) is 11.9 Å². The molecule has 0 amide bonds. The van der Waals surface area contributed by atoms with Gasteiger partial charge in [-0.2, -0.15) is 5.10 Å². The maximum absolute atomic E-state index is 11.9. The number of hydrogen-bond donors (Lipinski definition) is 2. The van der Waals surface area contributed by atoms with E-state index >= 15 is 0 Å². The van der Waals surface area contributed by atoms with E-state index in [-0.39, 0.29) is 4.90 Å². The average molecular weight is 267 g/mol. The topological polar surface area (TPSA) is 84.1 Å². The van der Waals surface area contributed by atoms with Crippen LogP contribution in [0.25, 0.3) is 0 Å². The molecule has 0 saturated carbocycles. The summed E-state index contributed by atoms with van der Waals surface area (Å²) in [6.45, 7) is 1.84. The summed E-state index contributed by atoms with van der Waals surface area (Å²) in [7, 11) is -2.02. The van der Waals surface area contributed by atoms with E-state index in [1.165, 1.54) is 12.4 Å². The molecule has 1 aromatic carbocycles. The molecule has 0 aliphatic rings. The predicted molar refractivity (Wildman–Crippen MR) is 67.1 cm³/mol. The van der Waals surface area contributed by atoms with Gasteiger partial charge in [-0.05, 0) is 30.7 Å². The Balaban J connectivity index is 2.27. The van der Waals surface area contributed by atoms with E-state index in [1.54, 1.807) is 25.3 Å². The normalized spacial score (nSPS) is 11.2. The van der Waals surface area contributed by atoms with Gasteiger partial charge in [0.1, 0.15) is 10.6 Å². The Kier molecular flexibility index (Phi) is 3.24. The fraction of sp³-hybridized carbons (Fsp3) is 0.182. The van der Waals surface area contributed by atoms with Crippen LogP contribution in [0.1, 0.15) is 5.56 Å². The molecule has 0 unspecified atom stereocenters. The van der Waals surface area contributed by atoms with E-state index in [0.717, 1.165) is 5.56 Å². The lowest BCUT2D eigenvalue weighted by molar-refractivity contribution is 0.412. The number of methoxy groups -OCH3 is 1. The molecule has 0 bridgehead atoms. The van der Waals surface area contributed by atoms with Crippen molar-refractivity contribution in [2.45, 2.75) is 11.8 Å². The van der Waals surface area contributed by atoms with Crippen molar-refractivity contribution in [1.29, 1.82) is 0 Å². The first-order valence-corrected chi connectivity index (χ1v) is 6.67. The third-order valence-electron chi connectivity index (χ3n) is 2.43. The molecule has 2 rings (SSSR count). The van der Waals surface area contributed by atoms with Crippen LogP contribution in [-0.2, 0) is 10.0 Å². The largest absolute Gasteiger partial charge is 0.496 e. The van der Waals surface area contributed by atoms with E-state index < -0.39 is 10.0 Å². The first kappa shape index (κ1) is 12.4. The number of aromatic amines is 1. The number of ether oxygens (including phenoxy) is 1. The number of aryl methyl sites for hydroxylation is 1. The fourth-order valence-electron chi connectivity index (χ4n) is 1.54. The molecule has 96 valence electrons. The molecule has 0 fully saturated rings. The lowest BCUT2D eigenvalue weighted by Crippen LogP contribution is -2.12. The maximum Gasteiger partial charge on any atom is 0.265 e. The Labute approximate surface area is 105 Å². The molecular formula is C11H13N3O3S. The van der Waals surface area contributed by atoms with E-state index in [9.17, 15) is 8.42 Å². The second-order valence-electron chi connectivity index (χ2n) is 3.72. The van der Waals surface area contributed by atoms with E-state index in [1.807, 2.05) is 6.92 Å². The molecule has 0 atom stereocenters. The zero-order valence-corrected chi connectivity index (χ0v) is 10.8. The van der Waals surface area contributed by atoms with Crippen molar-refractivity contribution >= 4 is 15.7 Å². The number of benzene rings is 1. The predicted octanol–water partition coefficient (Wildman–Crippen LogP) is 1.53. The molecule has 0 aliphatic heterocycles. The SMILES string of the molecule is COc1ccc(NS(=O)(=O)c2cn[nH]c2)cc1C. The van der Waals surface area contributed by atoms with Crippen LogP contribution in [0.4, 0.5) is 5.69 Å². The van der Waals surface area contributed by atoms with E-state index in [0.29, 0.717) is 11.4 Å². The summed E-state index contributed by atoms with van der Waals surface area (Å²) in [5.41, 5.74) is 1.33. The standard InChI is InChI=1S/C11H13N3O3S/c1-8-5-9(3-4-11(8)17-2)14-18(15,16)10-6-12-13-7-10/h3-7,14H,1-2H3,(H,12,13). The first-order chi connectivity index (χ1) is 8.53. The van der Waals surface area contributed by atoms with Gasteiger partial charge in [0.15, 0.2) is 0 Å². The number of anilines is 1. The molecule has 2 aromatic rings. The molecule has 1 aromatic heterocycles. The highest BCUT2D eigenvalue weighted by Gasteiger charge is 2.15. The zero-order chi connectivity index (χ0) is 13.2. The average Bonchev–Trinajstić information content (AvgIpc) is 2.82. The van der Waals surface area contributed by atoms with Crippen molar-refractivity contribution in [2.24, 2.45) is 0 Å². The lowest BCUT2D eigenvalue weighted by atomic mass is 10.2. The second kappa shape index (κ2) is 4.69. The number of sulfonamides is 1. The van der Waals surface area contributed by atoms with Crippen LogP contribution in [0.15, 0.2) is 35.5 Å². The fourth-order valence-corrected chi connectivity index (χ4v) is 2.50. The molecule has 0 spiro atoms. The van der Waals surface area contributed by atoms with Crippen molar-refractivity contribution < 1.29 is 13.2 Å². The minimum atomic E-state index is -3.59. The van der Waals surface area contributed by atoms with Crippen LogP contribution in [-0.4, -0.2) is 25.7 Å². The van der Waals surface area contributed by atoms with Crippen LogP contribution in [0.2, 0.25) is 0 Å². The lowest BCUT2D eigenvalue weighted by Gasteiger charge is -2.09. The number of nitrogens with one attached hydrogen (secondary N) is 2. The van der Waals surface area contributed by atoms with Gasteiger partial charge < -0.3 is 4.74 Å². The van der Waals surface area contributed by atoms with Crippen LogP contribution in [0, 0.1) is 6.92 Å². The summed E-state index contributed by atoms with van der Waals surface area (Å²) in [6.07, 6.45) is 2.57. The molecule has 2 N–H and O–H groups in total. The molecule has 7 heteroatoms. The molecule has 1 heterocycles. The number of nitrogens with zero attached hydrogens (tertiary/aromatic N) is 1. The van der Waals surface area contributed by atoms with Gasteiger partial charge in [-0.3, -0.25) is 9.82 Å². The number of hydrogen-bond acceptors (Lipinski definition) is 4. The highest BCUT2D eigenvalue weighted by Crippen LogP contribution is 2.23. The molecule has 6 nitrogen and oxygen atoms in total. The molecule has 0 aliphatic carbocycles. The Morgan fingerprint density at radius 1 is 1.39 bits per heavy atom. The first-order valence-electron chi connectivity index (χ1n) is 5.19. The monoisotopic (exact) mass is 267 g/mol. The van der Waals surface area contributed by atoms with Gasteiger partial charge in [0.2, 0.25) is 0 Å². The third kappa shape index (κ3) is 2.45. The Bertz CT molecular complexity index is 636. The highest BCUT2D eigenvalue weighted by atomic mass is 32.2. The molecule has 18 heavy (non-hydrogen) atoms. The summed E-state index contributed by atoms with van der Waals surface area (Å²) in [4.78, 5) is 0.0935.